The molecule has 1 aliphatic rings. The number of hydrogen-bond acceptors (Lipinski definition) is 4. The zero-order valence-corrected chi connectivity index (χ0v) is 23.2. The summed E-state index contributed by atoms with van der Waals surface area (Å²) in [5.41, 5.74) is 1.76. The van der Waals surface area contributed by atoms with E-state index in [4.69, 9.17) is 4.74 Å². The van der Waals surface area contributed by atoms with Crippen molar-refractivity contribution < 1.29 is 46.8 Å². The van der Waals surface area contributed by atoms with Gasteiger partial charge >= 0.3 is 18.1 Å². The Bertz CT molecular complexity index is 1130. The number of rotatable bonds is 15. The van der Waals surface area contributed by atoms with E-state index in [2.05, 4.69) is 6.92 Å². The van der Waals surface area contributed by atoms with Crippen LogP contribution in [0.15, 0.2) is 42.5 Å². The SMILES string of the molecule is C[C@]1(c2ccc(O)cc2)COc2cc(O)ccc2[C@H]1CCCCCCCCCC(CCC(F)(F)C(F)(F)F)C(=O)O. The lowest BCUT2D eigenvalue weighted by Gasteiger charge is -2.43. The first-order valence-corrected chi connectivity index (χ1v) is 14.2. The number of carboxylic acid groups (broad SMARTS) is 1. The second kappa shape index (κ2) is 13.7. The Balaban J connectivity index is 1.44. The normalized spacial score (nSPS) is 19.8. The van der Waals surface area contributed by atoms with E-state index in [9.17, 15) is 42.1 Å². The third kappa shape index (κ3) is 8.49. The highest BCUT2D eigenvalue weighted by Gasteiger charge is 2.57. The Labute approximate surface area is 237 Å². The first-order chi connectivity index (χ1) is 19.2. The van der Waals surface area contributed by atoms with E-state index in [1.54, 1.807) is 24.3 Å². The van der Waals surface area contributed by atoms with E-state index in [0.717, 1.165) is 49.7 Å². The summed E-state index contributed by atoms with van der Waals surface area (Å²) in [5, 5.41) is 28.9. The van der Waals surface area contributed by atoms with Gasteiger partial charge in [-0.1, -0.05) is 70.1 Å². The maximum atomic E-state index is 13.2. The molecule has 2 aromatic carbocycles. The van der Waals surface area contributed by atoms with Crippen molar-refractivity contribution in [2.24, 2.45) is 5.92 Å². The molecule has 2 aromatic rings. The molecule has 0 amide bonds. The largest absolute Gasteiger partial charge is 0.508 e. The molecule has 0 saturated carbocycles. The first kappa shape index (κ1) is 32.5. The molecule has 5 nitrogen and oxygen atoms in total. The molecule has 41 heavy (non-hydrogen) atoms. The lowest BCUT2D eigenvalue weighted by molar-refractivity contribution is -0.285. The van der Waals surface area contributed by atoms with Gasteiger partial charge in [-0.25, -0.2) is 0 Å². The molecule has 3 N–H and O–H groups in total. The van der Waals surface area contributed by atoms with Gasteiger partial charge in [-0.05, 0) is 48.6 Å². The van der Waals surface area contributed by atoms with Gasteiger partial charge in [0, 0.05) is 23.8 Å². The predicted molar refractivity (Wildman–Crippen MR) is 145 cm³/mol. The molecule has 3 rings (SSSR count). The van der Waals surface area contributed by atoms with Crippen LogP contribution in [0.3, 0.4) is 0 Å². The number of halogens is 5. The summed E-state index contributed by atoms with van der Waals surface area (Å²) in [6.45, 7) is 2.58. The van der Waals surface area contributed by atoms with E-state index in [0.29, 0.717) is 25.2 Å². The molecule has 228 valence electrons. The fraction of sp³-hybridized carbons (Fsp3) is 0.581. The minimum Gasteiger partial charge on any atom is -0.508 e. The number of carbonyl (C=O) groups is 1. The maximum Gasteiger partial charge on any atom is 0.453 e. The van der Waals surface area contributed by atoms with Gasteiger partial charge < -0.3 is 20.1 Å². The summed E-state index contributed by atoms with van der Waals surface area (Å²) in [4.78, 5) is 11.3. The van der Waals surface area contributed by atoms with Crippen molar-refractivity contribution in [2.75, 3.05) is 6.61 Å². The van der Waals surface area contributed by atoms with Crippen LogP contribution >= 0.6 is 0 Å². The fourth-order valence-electron chi connectivity index (χ4n) is 5.72. The number of benzene rings is 2. The zero-order chi connectivity index (χ0) is 30.3. The number of aromatic hydroxyl groups is 2. The minimum absolute atomic E-state index is 0.0812. The van der Waals surface area contributed by atoms with Crippen molar-refractivity contribution in [1.82, 2.24) is 0 Å². The smallest absolute Gasteiger partial charge is 0.453 e. The van der Waals surface area contributed by atoms with Gasteiger partial charge in [-0.3, -0.25) is 4.79 Å². The number of aliphatic carboxylic acids is 1. The van der Waals surface area contributed by atoms with Crippen LogP contribution in [0.4, 0.5) is 22.0 Å². The molecule has 1 aliphatic heterocycles. The van der Waals surface area contributed by atoms with Crippen LogP contribution in [-0.2, 0) is 10.2 Å². The summed E-state index contributed by atoms with van der Waals surface area (Å²) < 4.78 is 69.4. The average molecular weight is 587 g/mol. The van der Waals surface area contributed by atoms with Crippen LogP contribution in [-0.4, -0.2) is 40.0 Å². The van der Waals surface area contributed by atoms with Crippen LogP contribution in [0, 0.1) is 5.92 Å². The van der Waals surface area contributed by atoms with Crippen LogP contribution in [0.1, 0.15) is 94.6 Å². The summed E-state index contributed by atoms with van der Waals surface area (Å²) >= 11 is 0. The standard InChI is InChI=1S/C31H39F5O5/c1-29(22-11-13-23(37)14-12-22)20-41-27-19-24(38)15-16-25(27)26(29)10-8-6-4-2-3-5-7-9-21(28(39)40)17-18-30(32,33)31(34,35)36/h11-16,19,21,26,37-38H,2-10,17-18,20H2,1H3,(H,39,40)/t21?,26-,29-/m1/s1. The van der Waals surface area contributed by atoms with E-state index >= 15 is 0 Å². The predicted octanol–water partition coefficient (Wildman–Crippen LogP) is 8.72. The Morgan fingerprint density at radius 1 is 0.902 bits per heavy atom. The maximum absolute atomic E-state index is 13.2. The molecule has 0 aliphatic carbocycles. The monoisotopic (exact) mass is 586 g/mol. The van der Waals surface area contributed by atoms with Crippen molar-refractivity contribution in [1.29, 1.82) is 0 Å². The van der Waals surface area contributed by atoms with Gasteiger partial charge in [0.15, 0.2) is 0 Å². The van der Waals surface area contributed by atoms with Crippen LogP contribution < -0.4 is 4.74 Å². The summed E-state index contributed by atoms with van der Waals surface area (Å²) in [6.07, 6.45) is -1.14. The topological polar surface area (TPSA) is 87.0 Å². The highest BCUT2D eigenvalue weighted by atomic mass is 19.4. The molecule has 0 spiro atoms. The number of ether oxygens (including phenoxy) is 1. The van der Waals surface area contributed by atoms with Gasteiger partial charge in [0.25, 0.3) is 0 Å². The van der Waals surface area contributed by atoms with Crippen molar-refractivity contribution in [2.45, 2.75) is 101 Å². The van der Waals surface area contributed by atoms with Gasteiger partial charge in [-0.15, -0.1) is 0 Å². The van der Waals surface area contributed by atoms with Gasteiger partial charge in [0.1, 0.15) is 17.2 Å². The number of hydrogen-bond donors (Lipinski definition) is 3. The molecule has 1 unspecified atom stereocenters. The van der Waals surface area contributed by atoms with Gasteiger partial charge in [0.2, 0.25) is 0 Å². The Morgan fingerprint density at radius 3 is 2.10 bits per heavy atom. The summed E-state index contributed by atoms with van der Waals surface area (Å²) in [6, 6.07) is 12.4. The summed E-state index contributed by atoms with van der Waals surface area (Å²) in [5.74, 6) is -6.29. The highest BCUT2D eigenvalue weighted by Crippen LogP contribution is 2.50. The number of phenols is 2. The third-order valence-electron chi connectivity index (χ3n) is 8.31. The average Bonchev–Trinajstić information content (AvgIpc) is 2.89. The number of fused-ring (bicyclic) bond motifs is 1. The highest BCUT2D eigenvalue weighted by molar-refractivity contribution is 5.69. The zero-order valence-electron chi connectivity index (χ0n) is 23.2. The quantitative estimate of drug-likeness (QED) is 0.144. The minimum atomic E-state index is -5.67. The van der Waals surface area contributed by atoms with E-state index in [1.165, 1.54) is 0 Å². The second-order valence-corrected chi connectivity index (χ2v) is 11.4. The molecule has 0 radical (unpaired) electrons. The molecular formula is C31H39F5O5. The lowest BCUT2D eigenvalue weighted by Crippen LogP contribution is -2.40. The number of alkyl halides is 5. The van der Waals surface area contributed by atoms with Crippen molar-refractivity contribution >= 4 is 5.97 Å². The molecule has 1 heterocycles. The molecule has 10 heteroatoms. The molecular weight excluding hydrogens is 547 g/mol. The molecule has 0 saturated heterocycles. The number of phenolic OH excluding ortho intramolecular Hbond substituents is 2. The van der Waals surface area contributed by atoms with Crippen LogP contribution in [0.2, 0.25) is 0 Å². The van der Waals surface area contributed by atoms with Crippen LogP contribution in [0.5, 0.6) is 17.2 Å². The molecule has 0 aromatic heterocycles. The third-order valence-corrected chi connectivity index (χ3v) is 8.31. The summed E-state index contributed by atoms with van der Waals surface area (Å²) in [7, 11) is 0. The van der Waals surface area contributed by atoms with Gasteiger partial charge in [-0.2, -0.15) is 22.0 Å². The molecule has 0 bridgehead atoms. The van der Waals surface area contributed by atoms with Gasteiger partial charge in [0.05, 0.1) is 12.5 Å². The number of carboxylic acids is 1. The Kier molecular flexibility index (Phi) is 10.9. The molecule has 0 fully saturated rings. The fourth-order valence-corrected chi connectivity index (χ4v) is 5.72. The second-order valence-electron chi connectivity index (χ2n) is 11.4. The Hall–Kier alpha value is -3.04. The first-order valence-electron chi connectivity index (χ1n) is 14.2. The van der Waals surface area contributed by atoms with E-state index in [1.807, 2.05) is 18.2 Å². The van der Waals surface area contributed by atoms with Crippen LogP contribution in [0.25, 0.3) is 0 Å². The molecule has 3 atom stereocenters. The van der Waals surface area contributed by atoms with Crippen molar-refractivity contribution in [3.05, 3.63) is 53.6 Å². The Morgan fingerprint density at radius 2 is 1.49 bits per heavy atom. The number of unbranched alkanes of at least 4 members (excludes halogenated alkanes) is 6. The van der Waals surface area contributed by atoms with E-state index in [-0.39, 0.29) is 29.3 Å². The van der Waals surface area contributed by atoms with Crippen molar-refractivity contribution in [3.8, 4) is 17.2 Å². The lowest BCUT2D eigenvalue weighted by atomic mass is 9.66. The van der Waals surface area contributed by atoms with E-state index < -0.39 is 36.8 Å². The van der Waals surface area contributed by atoms with Crippen molar-refractivity contribution in [3.63, 3.8) is 0 Å².